The molecule has 0 aromatic carbocycles. The summed E-state index contributed by atoms with van der Waals surface area (Å²) in [5, 5.41) is 4.67. The monoisotopic (exact) mass is 277 g/mol. The third-order valence-electron chi connectivity index (χ3n) is 4.89. The molecule has 0 spiro atoms. The van der Waals surface area contributed by atoms with Crippen LogP contribution in [0.25, 0.3) is 0 Å². The summed E-state index contributed by atoms with van der Waals surface area (Å²) in [5.41, 5.74) is 9.00. The topological polar surface area (TPSA) is 43.8 Å². The van der Waals surface area contributed by atoms with Crippen LogP contribution in [0.5, 0.6) is 0 Å². The Kier molecular flexibility index (Phi) is 5.64. The lowest BCUT2D eigenvalue weighted by Crippen LogP contribution is -2.37. The van der Waals surface area contributed by atoms with Crippen LogP contribution in [0.15, 0.2) is 6.07 Å². The molecule has 3 heteroatoms. The van der Waals surface area contributed by atoms with E-state index in [0.717, 1.165) is 25.3 Å². The van der Waals surface area contributed by atoms with Gasteiger partial charge in [0.2, 0.25) is 0 Å². The number of aryl methyl sites for hydroxylation is 2. The number of hydrogen-bond acceptors (Lipinski definition) is 2. The summed E-state index contributed by atoms with van der Waals surface area (Å²) in [7, 11) is 0. The molecule has 0 saturated heterocycles. The van der Waals surface area contributed by atoms with E-state index in [0.29, 0.717) is 12.0 Å². The minimum Gasteiger partial charge on any atom is -0.327 e. The summed E-state index contributed by atoms with van der Waals surface area (Å²) in [6.07, 6.45) is 8.66. The van der Waals surface area contributed by atoms with Crippen molar-refractivity contribution < 1.29 is 0 Å². The highest BCUT2D eigenvalue weighted by Gasteiger charge is 2.28. The molecule has 3 nitrogen and oxygen atoms in total. The van der Waals surface area contributed by atoms with Crippen molar-refractivity contribution in [1.82, 2.24) is 9.78 Å². The lowest BCUT2D eigenvalue weighted by Gasteiger charge is -2.34. The van der Waals surface area contributed by atoms with Gasteiger partial charge in [-0.25, -0.2) is 0 Å². The number of nitrogens with two attached hydrogens (primary N) is 1. The van der Waals surface area contributed by atoms with Crippen LogP contribution < -0.4 is 5.73 Å². The number of hydrogen-bond donors (Lipinski definition) is 1. The Hall–Kier alpha value is -0.830. The first-order chi connectivity index (χ1) is 9.67. The lowest BCUT2D eigenvalue weighted by molar-refractivity contribution is 0.218. The van der Waals surface area contributed by atoms with Crippen LogP contribution in [-0.4, -0.2) is 15.8 Å². The summed E-state index contributed by atoms with van der Waals surface area (Å²) in [5.74, 6) is 1.54. The van der Waals surface area contributed by atoms with Crippen LogP contribution in [0.2, 0.25) is 0 Å². The zero-order valence-electron chi connectivity index (χ0n) is 13.4. The van der Waals surface area contributed by atoms with Crippen LogP contribution in [0.1, 0.15) is 64.3 Å². The second-order valence-electron chi connectivity index (χ2n) is 6.39. The van der Waals surface area contributed by atoms with Crippen molar-refractivity contribution in [3.63, 3.8) is 0 Å². The molecular formula is C17H31N3. The van der Waals surface area contributed by atoms with Crippen molar-refractivity contribution in [1.29, 1.82) is 0 Å². The molecule has 3 unspecified atom stereocenters. The number of aromatic nitrogens is 2. The minimum absolute atomic E-state index is 0.383. The smallest absolute Gasteiger partial charge is 0.0624 e. The molecule has 1 fully saturated rings. The Morgan fingerprint density at radius 3 is 2.75 bits per heavy atom. The number of nitrogens with zero attached hydrogens (tertiary/aromatic N) is 2. The van der Waals surface area contributed by atoms with Gasteiger partial charge in [0.1, 0.15) is 0 Å². The molecule has 1 aromatic heterocycles. The molecule has 3 atom stereocenters. The fraction of sp³-hybridized carbons (Fsp3) is 0.824. The first-order valence-electron chi connectivity index (χ1n) is 8.49. The fourth-order valence-electron chi connectivity index (χ4n) is 3.68. The lowest BCUT2D eigenvalue weighted by atomic mass is 9.75. The van der Waals surface area contributed by atoms with Crippen molar-refractivity contribution in [3.8, 4) is 0 Å². The highest BCUT2D eigenvalue weighted by Crippen LogP contribution is 2.33. The summed E-state index contributed by atoms with van der Waals surface area (Å²) in [4.78, 5) is 0. The van der Waals surface area contributed by atoms with Crippen molar-refractivity contribution in [2.75, 3.05) is 0 Å². The molecule has 20 heavy (non-hydrogen) atoms. The summed E-state index contributed by atoms with van der Waals surface area (Å²) in [6.45, 7) is 7.62. The van der Waals surface area contributed by atoms with Gasteiger partial charge >= 0.3 is 0 Å². The highest BCUT2D eigenvalue weighted by molar-refractivity contribution is 5.12. The Labute approximate surface area is 123 Å². The summed E-state index contributed by atoms with van der Waals surface area (Å²) in [6, 6.07) is 2.67. The van der Waals surface area contributed by atoms with Crippen LogP contribution in [-0.2, 0) is 19.4 Å². The Morgan fingerprint density at radius 1 is 1.30 bits per heavy atom. The molecule has 0 aliphatic heterocycles. The van der Waals surface area contributed by atoms with Gasteiger partial charge < -0.3 is 5.73 Å². The van der Waals surface area contributed by atoms with E-state index in [4.69, 9.17) is 5.73 Å². The van der Waals surface area contributed by atoms with Crippen molar-refractivity contribution in [2.24, 2.45) is 17.6 Å². The molecule has 1 aliphatic rings. The SMILES string of the molecule is CCCC1CCC(N)C(Cc2cc(CC)nn2CC)C1. The Bertz CT molecular complexity index is 410. The van der Waals surface area contributed by atoms with E-state index in [1.165, 1.54) is 43.5 Å². The second kappa shape index (κ2) is 7.26. The molecule has 1 saturated carbocycles. The molecule has 114 valence electrons. The average Bonchev–Trinajstić information content (AvgIpc) is 2.85. The van der Waals surface area contributed by atoms with Gasteiger partial charge in [0, 0.05) is 18.3 Å². The molecule has 1 heterocycles. The van der Waals surface area contributed by atoms with Crippen LogP contribution in [0.4, 0.5) is 0 Å². The normalized spacial score (nSPS) is 26.9. The molecule has 2 rings (SSSR count). The second-order valence-corrected chi connectivity index (χ2v) is 6.39. The Balaban J connectivity index is 2.05. The standard InChI is InChI=1S/C17H31N3/c1-4-7-13-8-9-17(18)14(10-13)11-16-12-15(5-2)19-20(16)6-3/h12-14,17H,4-11,18H2,1-3H3. The minimum atomic E-state index is 0.383. The summed E-state index contributed by atoms with van der Waals surface area (Å²) >= 11 is 0. The molecular weight excluding hydrogens is 246 g/mol. The zero-order valence-corrected chi connectivity index (χ0v) is 13.4. The maximum absolute atomic E-state index is 6.39. The van der Waals surface area contributed by atoms with Gasteiger partial charge in [0.25, 0.3) is 0 Å². The highest BCUT2D eigenvalue weighted by atomic mass is 15.3. The predicted octanol–water partition coefficient (Wildman–Crippen LogP) is 3.55. The third-order valence-corrected chi connectivity index (χ3v) is 4.89. The maximum atomic E-state index is 6.39. The Morgan fingerprint density at radius 2 is 2.10 bits per heavy atom. The van der Waals surface area contributed by atoms with Crippen LogP contribution >= 0.6 is 0 Å². The van der Waals surface area contributed by atoms with Gasteiger partial charge in [-0.3, -0.25) is 4.68 Å². The first-order valence-corrected chi connectivity index (χ1v) is 8.49. The summed E-state index contributed by atoms with van der Waals surface area (Å²) < 4.78 is 2.18. The van der Waals surface area contributed by atoms with Crippen LogP contribution in [0, 0.1) is 11.8 Å². The number of rotatable bonds is 6. The van der Waals surface area contributed by atoms with E-state index < -0.39 is 0 Å². The molecule has 0 amide bonds. The zero-order chi connectivity index (χ0) is 14.5. The van der Waals surface area contributed by atoms with Gasteiger partial charge in [0.15, 0.2) is 0 Å². The average molecular weight is 277 g/mol. The van der Waals surface area contributed by atoms with E-state index in [-0.39, 0.29) is 0 Å². The van der Waals surface area contributed by atoms with E-state index in [9.17, 15) is 0 Å². The fourth-order valence-corrected chi connectivity index (χ4v) is 3.68. The van der Waals surface area contributed by atoms with Gasteiger partial charge in [0.05, 0.1) is 5.69 Å². The quantitative estimate of drug-likeness (QED) is 0.864. The molecule has 1 aromatic rings. The third kappa shape index (κ3) is 3.63. The van der Waals surface area contributed by atoms with Crippen molar-refractivity contribution in [2.45, 2.75) is 78.3 Å². The van der Waals surface area contributed by atoms with Crippen LogP contribution in [0.3, 0.4) is 0 Å². The van der Waals surface area contributed by atoms with Gasteiger partial charge in [-0.05, 0) is 56.9 Å². The van der Waals surface area contributed by atoms with E-state index >= 15 is 0 Å². The van der Waals surface area contributed by atoms with E-state index in [1.807, 2.05) is 0 Å². The first kappa shape index (κ1) is 15.6. The molecule has 1 aliphatic carbocycles. The molecule has 0 bridgehead atoms. The molecule has 0 radical (unpaired) electrons. The predicted molar refractivity (Wildman–Crippen MR) is 84.7 cm³/mol. The van der Waals surface area contributed by atoms with Crippen molar-refractivity contribution in [3.05, 3.63) is 17.5 Å². The van der Waals surface area contributed by atoms with Gasteiger partial charge in [-0.15, -0.1) is 0 Å². The maximum Gasteiger partial charge on any atom is 0.0624 e. The van der Waals surface area contributed by atoms with E-state index in [1.54, 1.807) is 0 Å². The van der Waals surface area contributed by atoms with Gasteiger partial charge in [-0.2, -0.15) is 5.10 Å². The largest absolute Gasteiger partial charge is 0.327 e. The van der Waals surface area contributed by atoms with Crippen molar-refractivity contribution >= 4 is 0 Å². The van der Waals surface area contributed by atoms with Gasteiger partial charge in [-0.1, -0.05) is 26.7 Å². The molecule has 2 N–H and O–H groups in total. The van der Waals surface area contributed by atoms with E-state index in [2.05, 4.69) is 36.6 Å².